The topological polar surface area (TPSA) is 151 Å². The first-order valence-corrected chi connectivity index (χ1v) is 15.7. The van der Waals surface area contributed by atoms with Crippen LogP contribution < -0.4 is 18.9 Å². The van der Waals surface area contributed by atoms with E-state index in [0.717, 1.165) is 0 Å². The normalized spacial score (nSPS) is 10.6. The van der Waals surface area contributed by atoms with E-state index >= 15 is 0 Å². The minimum Gasteiger partial charge on any atom is -0.496 e. The van der Waals surface area contributed by atoms with Crippen molar-refractivity contribution >= 4 is 23.9 Å². The van der Waals surface area contributed by atoms with Gasteiger partial charge in [-0.3, -0.25) is 0 Å². The van der Waals surface area contributed by atoms with Crippen molar-refractivity contribution in [1.29, 1.82) is 0 Å². The van der Waals surface area contributed by atoms with E-state index in [1.807, 2.05) is 0 Å². The van der Waals surface area contributed by atoms with Crippen LogP contribution in [0.5, 0.6) is 23.0 Å². The molecular formula is C38H38O13. The fourth-order valence-electron chi connectivity index (χ4n) is 4.76. The predicted molar refractivity (Wildman–Crippen MR) is 182 cm³/mol. The summed E-state index contributed by atoms with van der Waals surface area (Å²) in [4.78, 5) is 52.3. The molecule has 4 aromatic carbocycles. The number of carbonyl (C=O) groups is 4. The lowest BCUT2D eigenvalue weighted by molar-refractivity contribution is -0.105. The van der Waals surface area contributed by atoms with Crippen LogP contribution in [0.4, 0.5) is 0 Å². The second-order valence-electron chi connectivity index (χ2n) is 10.6. The molecule has 0 N–H and O–H groups in total. The molecule has 13 heteroatoms. The summed E-state index contributed by atoms with van der Waals surface area (Å²) in [5.41, 5.74) is 0.603. The third-order valence-corrected chi connectivity index (χ3v) is 7.29. The summed E-state index contributed by atoms with van der Waals surface area (Å²) < 4.78 is 49.5. The zero-order chi connectivity index (χ0) is 36.6. The Bertz CT molecular complexity index is 1530. The van der Waals surface area contributed by atoms with Gasteiger partial charge in [-0.2, -0.15) is 0 Å². The molecule has 0 unspecified atom stereocenters. The summed E-state index contributed by atoms with van der Waals surface area (Å²) in [6, 6.07) is 25.9. The Hall–Kier alpha value is -6.08. The summed E-state index contributed by atoms with van der Waals surface area (Å²) in [7, 11) is 5.66. The molecule has 0 aliphatic rings. The van der Waals surface area contributed by atoms with E-state index in [4.69, 9.17) is 42.6 Å². The molecule has 0 amide bonds. The average molecular weight is 703 g/mol. The highest BCUT2D eigenvalue weighted by molar-refractivity contribution is 5.94. The van der Waals surface area contributed by atoms with Crippen LogP contribution in [0.3, 0.4) is 0 Å². The molecule has 4 aromatic rings. The van der Waals surface area contributed by atoms with Crippen LogP contribution in [0.2, 0.25) is 0 Å². The maximum atomic E-state index is 13.1. The highest BCUT2D eigenvalue weighted by Gasteiger charge is 2.27. The van der Waals surface area contributed by atoms with Crippen molar-refractivity contribution in [3.63, 3.8) is 0 Å². The van der Waals surface area contributed by atoms with E-state index in [1.165, 1.54) is 52.7 Å². The van der Waals surface area contributed by atoms with Gasteiger partial charge in [0.05, 0.1) is 28.4 Å². The standard InChI is InChI=1S/C38H38O13/c1-43-31-17-9-5-13-27(31)35(39)47-21-25(22-48-36(40)28-14-6-10-18-32(28)44-2)51-26(23-49-37(41)29-15-7-11-19-33(29)45-3)24-50-38(42)30-16-8-12-20-34(30)46-4/h5-20,25-26H,21-24H2,1-4H3. The van der Waals surface area contributed by atoms with Gasteiger partial charge in [0.25, 0.3) is 0 Å². The third-order valence-electron chi connectivity index (χ3n) is 7.29. The molecule has 0 saturated carbocycles. The van der Waals surface area contributed by atoms with E-state index in [0.29, 0.717) is 0 Å². The van der Waals surface area contributed by atoms with Crippen LogP contribution in [0.25, 0.3) is 0 Å². The van der Waals surface area contributed by atoms with Gasteiger partial charge in [-0.05, 0) is 48.5 Å². The largest absolute Gasteiger partial charge is 0.496 e. The van der Waals surface area contributed by atoms with Gasteiger partial charge >= 0.3 is 23.9 Å². The van der Waals surface area contributed by atoms with E-state index in [9.17, 15) is 19.2 Å². The summed E-state index contributed by atoms with van der Waals surface area (Å²) in [6.07, 6.45) is -2.27. The SMILES string of the molecule is COc1ccccc1C(=O)OCC(COC(=O)c1ccccc1OC)OC(COC(=O)c1ccccc1OC)COC(=O)c1ccccc1OC. The molecule has 0 spiro atoms. The fraction of sp³-hybridized carbons (Fsp3) is 0.263. The molecule has 0 aromatic heterocycles. The Kier molecular flexibility index (Phi) is 14.2. The summed E-state index contributed by atoms with van der Waals surface area (Å²) in [5.74, 6) is -1.81. The molecule has 0 heterocycles. The Morgan fingerprint density at radius 1 is 0.392 bits per heavy atom. The number of para-hydroxylation sites is 4. The van der Waals surface area contributed by atoms with Crippen LogP contribution >= 0.6 is 0 Å². The Labute approximate surface area is 294 Å². The number of rotatable bonds is 18. The van der Waals surface area contributed by atoms with Crippen LogP contribution in [0.1, 0.15) is 41.4 Å². The lowest BCUT2D eigenvalue weighted by atomic mass is 10.2. The van der Waals surface area contributed by atoms with Crippen molar-refractivity contribution < 1.29 is 61.8 Å². The molecule has 0 bridgehead atoms. The zero-order valence-corrected chi connectivity index (χ0v) is 28.5. The van der Waals surface area contributed by atoms with Gasteiger partial charge in [-0.25, -0.2) is 19.2 Å². The minimum atomic E-state index is -1.14. The minimum absolute atomic E-state index is 0.151. The molecule has 0 saturated heterocycles. The molecule has 0 atom stereocenters. The third kappa shape index (κ3) is 10.5. The predicted octanol–water partition coefficient (Wildman–Crippen LogP) is 5.20. The van der Waals surface area contributed by atoms with Gasteiger partial charge in [-0.1, -0.05) is 48.5 Å². The molecule has 0 aliphatic heterocycles. The van der Waals surface area contributed by atoms with E-state index in [-0.39, 0.29) is 45.3 Å². The number of ether oxygens (including phenoxy) is 9. The Morgan fingerprint density at radius 2 is 0.608 bits per heavy atom. The first-order chi connectivity index (χ1) is 24.8. The fourth-order valence-corrected chi connectivity index (χ4v) is 4.76. The van der Waals surface area contributed by atoms with Crippen molar-refractivity contribution in [2.75, 3.05) is 54.9 Å². The lowest BCUT2D eigenvalue weighted by Gasteiger charge is -2.25. The molecule has 0 radical (unpaired) electrons. The van der Waals surface area contributed by atoms with Crippen molar-refractivity contribution in [2.24, 2.45) is 0 Å². The number of methoxy groups -OCH3 is 4. The van der Waals surface area contributed by atoms with Crippen molar-refractivity contribution in [3.05, 3.63) is 119 Å². The van der Waals surface area contributed by atoms with E-state index in [1.54, 1.807) is 72.8 Å². The first-order valence-electron chi connectivity index (χ1n) is 15.7. The van der Waals surface area contributed by atoms with Gasteiger partial charge in [0, 0.05) is 0 Å². The number of carbonyl (C=O) groups excluding carboxylic acids is 4. The average Bonchev–Trinajstić information content (AvgIpc) is 3.18. The number of benzene rings is 4. The van der Waals surface area contributed by atoms with Crippen molar-refractivity contribution in [1.82, 2.24) is 0 Å². The maximum Gasteiger partial charge on any atom is 0.342 e. The van der Waals surface area contributed by atoms with Gasteiger partial charge in [-0.15, -0.1) is 0 Å². The molecule has 51 heavy (non-hydrogen) atoms. The van der Waals surface area contributed by atoms with Gasteiger partial charge in [0.15, 0.2) is 0 Å². The van der Waals surface area contributed by atoms with Gasteiger partial charge < -0.3 is 42.6 Å². The molecule has 4 rings (SSSR count). The highest BCUT2D eigenvalue weighted by Crippen LogP contribution is 2.22. The Morgan fingerprint density at radius 3 is 0.824 bits per heavy atom. The van der Waals surface area contributed by atoms with Crippen LogP contribution in [0, 0.1) is 0 Å². The van der Waals surface area contributed by atoms with Crippen molar-refractivity contribution in [2.45, 2.75) is 12.2 Å². The molecular weight excluding hydrogens is 664 g/mol. The summed E-state index contributed by atoms with van der Waals surface area (Å²) in [5, 5.41) is 0. The number of esters is 4. The first kappa shape index (κ1) is 37.7. The zero-order valence-electron chi connectivity index (χ0n) is 28.5. The van der Waals surface area contributed by atoms with Gasteiger partial charge in [0.1, 0.15) is 83.9 Å². The summed E-state index contributed by atoms with van der Waals surface area (Å²) >= 11 is 0. The summed E-state index contributed by atoms with van der Waals surface area (Å²) in [6.45, 7) is -1.69. The second-order valence-corrected chi connectivity index (χ2v) is 10.6. The quantitative estimate of drug-likeness (QED) is 0.0988. The number of hydrogen-bond donors (Lipinski definition) is 0. The Balaban J connectivity index is 1.56. The lowest BCUT2D eigenvalue weighted by Crippen LogP contribution is -2.37. The van der Waals surface area contributed by atoms with Crippen LogP contribution in [-0.4, -0.2) is 91.0 Å². The maximum absolute atomic E-state index is 13.1. The second kappa shape index (κ2) is 19.2. The monoisotopic (exact) mass is 702 g/mol. The van der Waals surface area contributed by atoms with E-state index in [2.05, 4.69) is 0 Å². The number of hydrogen-bond acceptors (Lipinski definition) is 13. The molecule has 0 fully saturated rings. The van der Waals surface area contributed by atoms with Crippen LogP contribution in [-0.2, 0) is 23.7 Å². The molecule has 268 valence electrons. The molecule has 0 aliphatic carbocycles. The highest BCUT2D eigenvalue weighted by atomic mass is 16.6. The van der Waals surface area contributed by atoms with Gasteiger partial charge in [0.2, 0.25) is 0 Å². The molecule has 13 nitrogen and oxygen atoms in total. The van der Waals surface area contributed by atoms with Crippen molar-refractivity contribution in [3.8, 4) is 23.0 Å². The smallest absolute Gasteiger partial charge is 0.342 e. The van der Waals surface area contributed by atoms with Crippen LogP contribution in [0.15, 0.2) is 97.1 Å². The van der Waals surface area contributed by atoms with E-state index < -0.39 is 62.5 Å².